The largest absolute Gasteiger partial charge is 0.419 e. The van der Waals surface area contributed by atoms with Crippen molar-refractivity contribution in [1.82, 2.24) is 20.4 Å². The average Bonchev–Trinajstić information content (AvgIpc) is 3.59. The van der Waals surface area contributed by atoms with E-state index in [2.05, 4.69) is 92.8 Å². The van der Waals surface area contributed by atoms with E-state index < -0.39 is 5.41 Å². The number of aromatic nitrogens is 4. The molecule has 1 atom stereocenters. The van der Waals surface area contributed by atoms with Crippen molar-refractivity contribution < 1.29 is 8.83 Å². The molecule has 6 heteroatoms. The molecule has 1 aliphatic carbocycles. The highest BCUT2D eigenvalue weighted by molar-refractivity contribution is 5.67. The van der Waals surface area contributed by atoms with Crippen LogP contribution in [0.15, 0.2) is 88.2 Å². The second-order valence-electron chi connectivity index (χ2n) is 12.0. The van der Waals surface area contributed by atoms with E-state index in [1.165, 1.54) is 11.1 Å². The lowest BCUT2D eigenvalue weighted by Crippen LogP contribution is -2.23. The van der Waals surface area contributed by atoms with Crippen LogP contribution in [0.4, 0.5) is 0 Å². The van der Waals surface area contributed by atoms with E-state index >= 15 is 0 Å². The first kappa shape index (κ1) is 25.6. The fourth-order valence-electron chi connectivity index (χ4n) is 4.51. The summed E-state index contributed by atoms with van der Waals surface area (Å²) in [6, 6.07) is 16.5. The van der Waals surface area contributed by atoms with Gasteiger partial charge in [0.25, 0.3) is 0 Å². The molecule has 0 spiro atoms. The predicted molar refractivity (Wildman–Crippen MR) is 150 cm³/mol. The fourth-order valence-corrected chi connectivity index (χ4v) is 4.51. The van der Waals surface area contributed by atoms with Crippen LogP contribution in [0.2, 0.25) is 0 Å². The Morgan fingerprint density at radius 3 is 1.74 bits per heavy atom. The molecule has 0 saturated heterocycles. The van der Waals surface area contributed by atoms with Crippen LogP contribution in [0.5, 0.6) is 0 Å². The van der Waals surface area contributed by atoms with Gasteiger partial charge in [0.15, 0.2) is 0 Å². The van der Waals surface area contributed by atoms with Gasteiger partial charge in [-0.05, 0) is 52.6 Å². The van der Waals surface area contributed by atoms with Gasteiger partial charge in [0.1, 0.15) is 0 Å². The molecule has 1 unspecified atom stereocenters. The number of allylic oxidation sites excluding steroid dienone is 5. The summed E-state index contributed by atoms with van der Waals surface area (Å²) in [7, 11) is 0. The van der Waals surface area contributed by atoms with Crippen molar-refractivity contribution in [2.45, 2.75) is 64.2 Å². The fraction of sp³-hybridized carbons (Fsp3) is 0.312. The van der Waals surface area contributed by atoms with Gasteiger partial charge in [-0.3, -0.25) is 0 Å². The van der Waals surface area contributed by atoms with E-state index in [-0.39, 0.29) is 10.8 Å². The van der Waals surface area contributed by atoms with Crippen LogP contribution in [-0.2, 0) is 16.2 Å². The topological polar surface area (TPSA) is 77.8 Å². The Morgan fingerprint density at radius 2 is 1.21 bits per heavy atom. The highest BCUT2D eigenvalue weighted by atomic mass is 16.4. The van der Waals surface area contributed by atoms with Crippen LogP contribution in [0.25, 0.3) is 28.5 Å². The molecular formula is C32H34N4O2. The Kier molecular flexibility index (Phi) is 6.30. The smallest absolute Gasteiger partial charge is 0.248 e. The Labute approximate surface area is 224 Å². The van der Waals surface area contributed by atoms with Crippen molar-refractivity contribution in [2.75, 3.05) is 0 Å². The minimum absolute atomic E-state index is 0.0749. The number of nitrogens with zero attached hydrogens (tertiary/aromatic N) is 4. The SMILES string of the molecule is C=CC1(c2nnc(-c3ccc(C(C)(C)C)cc3)o2)C=CC=C(c2nnc(-c3ccc(C(C)(C)C)cc3)o2)C1. The van der Waals surface area contributed by atoms with Crippen LogP contribution in [0.3, 0.4) is 0 Å². The Morgan fingerprint density at radius 1 is 0.711 bits per heavy atom. The monoisotopic (exact) mass is 506 g/mol. The molecule has 0 bridgehead atoms. The first-order chi connectivity index (χ1) is 18.0. The first-order valence-electron chi connectivity index (χ1n) is 12.9. The Balaban J connectivity index is 1.37. The third-order valence-corrected chi connectivity index (χ3v) is 7.06. The number of rotatable bonds is 5. The molecule has 194 valence electrons. The molecule has 4 aromatic rings. The van der Waals surface area contributed by atoms with Gasteiger partial charge in [-0.15, -0.1) is 27.0 Å². The van der Waals surface area contributed by atoms with Crippen LogP contribution in [0, 0.1) is 0 Å². The minimum atomic E-state index is -0.677. The maximum atomic E-state index is 6.19. The lowest BCUT2D eigenvalue weighted by Gasteiger charge is -2.25. The second kappa shape index (κ2) is 9.35. The molecule has 5 rings (SSSR count). The van der Waals surface area contributed by atoms with E-state index in [1.54, 1.807) is 0 Å². The third kappa shape index (κ3) is 4.91. The number of hydrogen-bond donors (Lipinski definition) is 0. The molecule has 2 aromatic heterocycles. The van der Waals surface area contributed by atoms with E-state index in [9.17, 15) is 0 Å². The standard InChI is InChI=1S/C32H34N4O2/c1-8-32(29-36-35-27(38-29)22-13-17-25(18-14-22)31(5,6)7)19-9-10-23(20-32)28-34-33-26(37-28)21-11-15-24(16-12-21)30(2,3)4/h8-19H,1,20H2,2-7H3. The Hall–Kier alpha value is -4.06. The van der Waals surface area contributed by atoms with Gasteiger partial charge in [0.05, 0.1) is 5.41 Å². The van der Waals surface area contributed by atoms with E-state index in [0.29, 0.717) is 30.0 Å². The zero-order chi connectivity index (χ0) is 27.1. The van der Waals surface area contributed by atoms with Gasteiger partial charge in [-0.1, -0.05) is 90.1 Å². The quantitative estimate of drug-likeness (QED) is 0.257. The maximum Gasteiger partial charge on any atom is 0.248 e. The zero-order valence-corrected chi connectivity index (χ0v) is 22.9. The van der Waals surface area contributed by atoms with Gasteiger partial charge in [0.2, 0.25) is 23.6 Å². The average molecular weight is 507 g/mol. The summed E-state index contributed by atoms with van der Waals surface area (Å²) in [5.41, 5.74) is 4.62. The van der Waals surface area contributed by atoms with Crippen molar-refractivity contribution in [2.24, 2.45) is 0 Å². The molecule has 2 heterocycles. The zero-order valence-electron chi connectivity index (χ0n) is 22.9. The summed E-state index contributed by atoms with van der Waals surface area (Å²) in [5, 5.41) is 17.4. The van der Waals surface area contributed by atoms with Gasteiger partial charge >= 0.3 is 0 Å². The van der Waals surface area contributed by atoms with Gasteiger partial charge in [-0.25, -0.2) is 0 Å². The molecule has 1 aliphatic rings. The highest BCUT2D eigenvalue weighted by Crippen LogP contribution is 2.40. The summed E-state index contributed by atoms with van der Waals surface area (Å²) in [6.07, 6.45) is 8.29. The summed E-state index contributed by atoms with van der Waals surface area (Å²) >= 11 is 0. The van der Waals surface area contributed by atoms with Crippen molar-refractivity contribution in [1.29, 1.82) is 0 Å². The molecule has 0 fully saturated rings. The van der Waals surface area contributed by atoms with E-state index in [0.717, 1.165) is 16.7 Å². The van der Waals surface area contributed by atoms with Crippen LogP contribution >= 0.6 is 0 Å². The van der Waals surface area contributed by atoms with Crippen LogP contribution < -0.4 is 0 Å². The van der Waals surface area contributed by atoms with Gasteiger partial charge in [0, 0.05) is 16.7 Å². The number of benzene rings is 2. The maximum absolute atomic E-state index is 6.19. The predicted octanol–water partition coefficient (Wildman–Crippen LogP) is 7.85. The lowest BCUT2D eigenvalue weighted by atomic mass is 9.78. The first-order valence-corrected chi connectivity index (χ1v) is 12.9. The molecule has 2 aromatic carbocycles. The Bertz CT molecular complexity index is 1510. The molecule has 0 N–H and O–H groups in total. The van der Waals surface area contributed by atoms with E-state index in [4.69, 9.17) is 8.83 Å². The molecule has 0 saturated carbocycles. The van der Waals surface area contributed by atoms with Crippen LogP contribution in [-0.4, -0.2) is 20.4 Å². The van der Waals surface area contributed by atoms with Crippen molar-refractivity contribution in [3.63, 3.8) is 0 Å². The summed E-state index contributed by atoms with van der Waals surface area (Å²) in [4.78, 5) is 0. The second-order valence-corrected chi connectivity index (χ2v) is 12.0. The van der Waals surface area contributed by atoms with E-state index in [1.807, 2.05) is 48.6 Å². The normalized spacial score (nSPS) is 17.9. The molecule has 38 heavy (non-hydrogen) atoms. The highest BCUT2D eigenvalue weighted by Gasteiger charge is 2.36. The summed E-state index contributed by atoms with van der Waals surface area (Å²) in [5.74, 6) is 1.90. The molecule has 0 aliphatic heterocycles. The lowest BCUT2D eigenvalue weighted by molar-refractivity contribution is 0.435. The third-order valence-electron chi connectivity index (χ3n) is 7.06. The molecular weight excluding hydrogens is 472 g/mol. The van der Waals surface area contributed by atoms with Crippen molar-refractivity contribution in [3.8, 4) is 22.9 Å². The molecule has 6 nitrogen and oxygen atoms in total. The van der Waals surface area contributed by atoms with Gasteiger partial charge < -0.3 is 8.83 Å². The van der Waals surface area contributed by atoms with Crippen molar-refractivity contribution >= 4 is 5.57 Å². The summed E-state index contributed by atoms with van der Waals surface area (Å²) < 4.78 is 12.3. The molecule has 0 radical (unpaired) electrons. The number of hydrogen-bond acceptors (Lipinski definition) is 6. The molecule has 0 amide bonds. The summed E-state index contributed by atoms with van der Waals surface area (Å²) in [6.45, 7) is 17.2. The van der Waals surface area contributed by atoms with Crippen molar-refractivity contribution in [3.05, 3.63) is 102 Å². The minimum Gasteiger partial charge on any atom is -0.419 e. The van der Waals surface area contributed by atoms with Gasteiger partial charge in [-0.2, -0.15) is 0 Å². The van der Waals surface area contributed by atoms with Crippen LogP contribution in [0.1, 0.15) is 70.9 Å².